The van der Waals surface area contributed by atoms with Crippen LogP contribution in [0.3, 0.4) is 0 Å². The Kier molecular flexibility index (Phi) is 6.02. The summed E-state index contributed by atoms with van der Waals surface area (Å²) in [6.45, 7) is 2.85. The Labute approximate surface area is 211 Å². The molecule has 0 aliphatic heterocycles. The molecule has 36 heavy (non-hydrogen) atoms. The predicted octanol–water partition coefficient (Wildman–Crippen LogP) is 4.56. The maximum atomic E-state index is 13.4. The van der Waals surface area contributed by atoms with E-state index in [0.29, 0.717) is 30.1 Å². The minimum absolute atomic E-state index is 0.0831. The van der Waals surface area contributed by atoms with Crippen molar-refractivity contribution < 1.29 is 14.3 Å². The lowest BCUT2D eigenvalue weighted by Crippen LogP contribution is -2.51. The van der Waals surface area contributed by atoms with E-state index in [1.54, 1.807) is 23.7 Å². The van der Waals surface area contributed by atoms with Crippen molar-refractivity contribution in [1.82, 2.24) is 19.7 Å². The normalized spacial score (nSPS) is 27.2. The number of nitrogens with one attached hydrogen (secondary N) is 1. The number of rotatable bonds is 8. The van der Waals surface area contributed by atoms with E-state index in [1.807, 2.05) is 36.5 Å². The molecule has 4 bridgehead atoms. The van der Waals surface area contributed by atoms with Crippen LogP contribution in [0.4, 0.5) is 0 Å². The molecule has 3 heterocycles. The summed E-state index contributed by atoms with van der Waals surface area (Å²) < 4.78 is 7.18. The number of amides is 1. The summed E-state index contributed by atoms with van der Waals surface area (Å²) in [6.07, 6.45) is 13.7. The summed E-state index contributed by atoms with van der Waals surface area (Å²) in [5, 5.41) is 3.28. The van der Waals surface area contributed by atoms with Crippen LogP contribution >= 0.6 is 0 Å². The van der Waals surface area contributed by atoms with Gasteiger partial charge in [0.25, 0.3) is 5.91 Å². The van der Waals surface area contributed by atoms with Crippen molar-refractivity contribution in [3.8, 4) is 0 Å². The van der Waals surface area contributed by atoms with E-state index in [-0.39, 0.29) is 17.3 Å². The van der Waals surface area contributed by atoms with Gasteiger partial charge < -0.3 is 10.1 Å². The Morgan fingerprint density at radius 3 is 2.53 bits per heavy atom. The molecule has 7 heteroatoms. The number of esters is 1. The maximum Gasteiger partial charge on any atom is 0.315 e. The molecule has 4 aliphatic carbocycles. The molecular weight excluding hydrogens is 452 g/mol. The Hall–Kier alpha value is -3.22. The van der Waals surface area contributed by atoms with E-state index >= 15 is 0 Å². The summed E-state index contributed by atoms with van der Waals surface area (Å²) in [7, 11) is 0. The van der Waals surface area contributed by atoms with E-state index in [9.17, 15) is 9.59 Å². The third kappa shape index (κ3) is 4.40. The van der Waals surface area contributed by atoms with Gasteiger partial charge in [-0.3, -0.25) is 19.0 Å². The van der Waals surface area contributed by atoms with Crippen LogP contribution in [-0.4, -0.2) is 39.4 Å². The van der Waals surface area contributed by atoms with Crippen molar-refractivity contribution >= 4 is 17.5 Å². The Balaban J connectivity index is 1.24. The molecule has 7 rings (SSSR count). The van der Waals surface area contributed by atoms with Gasteiger partial charge in [0.05, 0.1) is 12.3 Å². The fourth-order valence-electron chi connectivity index (χ4n) is 7.55. The topological polar surface area (TPSA) is 85.6 Å². The van der Waals surface area contributed by atoms with Crippen LogP contribution in [0.5, 0.6) is 0 Å². The van der Waals surface area contributed by atoms with Gasteiger partial charge in [-0.2, -0.15) is 0 Å². The van der Waals surface area contributed by atoms with Crippen LogP contribution in [0.25, 0.3) is 5.65 Å². The van der Waals surface area contributed by atoms with Gasteiger partial charge >= 0.3 is 5.97 Å². The number of nitrogens with zero attached hydrogens (tertiary/aromatic N) is 3. The fourth-order valence-corrected chi connectivity index (χ4v) is 7.55. The van der Waals surface area contributed by atoms with Crippen molar-refractivity contribution in [2.75, 3.05) is 13.2 Å². The van der Waals surface area contributed by atoms with Crippen LogP contribution < -0.4 is 5.32 Å². The minimum atomic E-state index is -0.572. The molecule has 3 aromatic rings. The monoisotopic (exact) mass is 486 g/mol. The number of hydrogen-bond donors (Lipinski definition) is 1. The van der Waals surface area contributed by atoms with Gasteiger partial charge in [-0.05, 0) is 98.8 Å². The molecule has 0 saturated heterocycles. The number of hydrogen-bond acceptors (Lipinski definition) is 5. The van der Waals surface area contributed by atoms with Crippen LogP contribution in [0.2, 0.25) is 0 Å². The largest absolute Gasteiger partial charge is 0.465 e. The Morgan fingerprint density at radius 2 is 1.86 bits per heavy atom. The highest BCUT2D eigenvalue weighted by atomic mass is 16.5. The van der Waals surface area contributed by atoms with Gasteiger partial charge in [0.2, 0.25) is 0 Å². The number of imidazole rings is 1. The Bertz CT molecular complexity index is 1230. The van der Waals surface area contributed by atoms with Gasteiger partial charge in [0.1, 0.15) is 17.3 Å². The summed E-state index contributed by atoms with van der Waals surface area (Å²) in [6, 6.07) is 9.34. The quantitative estimate of drug-likeness (QED) is 0.472. The van der Waals surface area contributed by atoms with Gasteiger partial charge in [0, 0.05) is 25.1 Å². The number of ether oxygens (including phenoxy) is 1. The van der Waals surface area contributed by atoms with Crippen molar-refractivity contribution in [2.24, 2.45) is 23.2 Å². The summed E-state index contributed by atoms with van der Waals surface area (Å²) >= 11 is 0. The molecule has 4 aliphatic rings. The minimum Gasteiger partial charge on any atom is -0.465 e. The number of carbonyl (C=O) groups is 2. The van der Waals surface area contributed by atoms with Crippen molar-refractivity contribution in [1.29, 1.82) is 0 Å². The van der Waals surface area contributed by atoms with Gasteiger partial charge in [-0.15, -0.1) is 0 Å². The van der Waals surface area contributed by atoms with Gasteiger partial charge in [0.15, 0.2) is 0 Å². The molecule has 7 nitrogen and oxygen atoms in total. The van der Waals surface area contributed by atoms with Gasteiger partial charge in [-0.25, -0.2) is 4.98 Å². The zero-order valence-corrected chi connectivity index (χ0v) is 20.9. The molecule has 0 radical (unpaired) electrons. The van der Waals surface area contributed by atoms with Crippen molar-refractivity contribution in [2.45, 2.75) is 57.8 Å². The zero-order valence-electron chi connectivity index (χ0n) is 20.9. The average Bonchev–Trinajstić information content (AvgIpc) is 3.30. The molecule has 1 N–H and O–H groups in total. The molecule has 188 valence electrons. The lowest BCUT2D eigenvalue weighted by Gasteiger charge is -2.56. The van der Waals surface area contributed by atoms with E-state index in [2.05, 4.69) is 10.3 Å². The van der Waals surface area contributed by atoms with Crippen LogP contribution in [0.15, 0.2) is 48.9 Å². The third-order valence-corrected chi connectivity index (χ3v) is 8.62. The van der Waals surface area contributed by atoms with Crippen LogP contribution in [0, 0.1) is 23.2 Å². The summed E-state index contributed by atoms with van der Waals surface area (Å²) in [5.41, 5.74) is 2.99. The lowest BCUT2D eigenvalue weighted by molar-refractivity contribution is -0.145. The first-order valence-electron chi connectivity index (χ1n) is 13.3. The van der Waals surface area contributed by atoms with Crippen LogP contribution in [0.1, 0.15) is 73.1 Å². The standard InChI is InChI=1S/C29H34N4O3/c1-2-36-28(35)23(12-19-5-4-8-30-16-19)24-17-33-25(6-3-7-26(33)32-24)27(34)31-18-29-13-20-9-21(14-29)11-22(10-20)15-29/h3-8,16-17,20-23H,2,9-15,18H2,1H3,(H,31,34). The predicted molar refractivity (Wildman–Crippen MR) is 135 cm³/mol. The lowest BCUT2D eigenvalue weighted by atomic mass is 9.49. The maximum absolute atomic E-state index is 13.4. The number of aromatic nitrogens is 3. The Morgan fingerprint density at radius 1 is 1.11 bits per heavy atom. The van der Waals surface area contributed by atoms with E-state index in [1.165, 1.54) is 38.5 Å². The highest BCUT2D eigenvalue weighted by Crippen LogP contribution is 2.59. The zero-order chi connectivity index (χ0) is 24.7. The average molecular weight is 487 g/mol. The molecule has 1 atom stereocenters. The fraction of sp³-hybridized carbons (Fsp3) is 0.517. The first-order valence-corrected chi connectivity index (χ1v) is 13.3. The first-order chi connectivity index (χ1) is 17.5. The summed E-state index contributed by atoms with van der Waals surface area (Å²) in [4.78, 5) is 35.2. The first kappa shape index (κ1) is 23.2. The molecule has 1 unspecified atom stereocenters. The molecule has 1 amide bonds. The molecule has 4 saturated carbocycles. The molecule has 0 aromatic carbocycles. The second kappa shape index (κ2) is 9.34. The highest BCUT2D eigenvalue weighted by Gasteiger charge is 2.50. The molecular formula is C29H34N4O3. The van der Waals surface area contributed by atoms with Crippen molar-refractivity contribution in [3.63, 3.8) is 0 Å². The van der Waals surface area contributed by atoms with E-state index < -0.39 is 5.92 Å². The van der Waals surface area contributed by atoms with Crippen LogP contribution in [-0.2, 0) is 16.0 Å². The van der Waals surface area contributed by atoms with Crippen molar-refractivity contribution in [3.05, 3.63) is 65.9 Å². The molecule has 4 fully saturated rings. The highest BCUT2D eigenvalue weighted by molar-refractivity contribution is 5.93. The number of fused-ring (bicyclic) bond motifs is 1. The summed E-state index contributed by atoms with van der Waals surface area (Å²) in [5.74, 6) is 1.59. The number of carbonyl (C=O) groups excluding carboxylic acids is 2. The van der Waals surface area contributed by atoms with Gasteiger partial charge in [-0.1, -0.05) is 12.1 Å². The smallest absolute Gasteiger partial charge is 0.315 e. The SMILES string of the molecule is CCOC(=O)C(Cc1cccnc1)c1cn2c(C(=O)NCC34CC5CC(CC(C5)C3)C4)cccc2n1. The number of pyridine rings is 2. The third-order valence-electron chi connectivity index (χ3n) is 8.62. The molecule has 3 aromatic heterocycles. The molecule has 0 spiro atoms. The second-order valence-corrected chi connectivity index (χ2v) is 11.3. The van der Waals surface area contributed by atoms with E-state index in [0.717, 1.165) is 29.9 Å². The second-order valence-electron chi connectivity index (χ2n) is 11.3. The van der Waals surface area contributed by atoms with E-state index in [4.69, 9.17) is 9.72 Å².